The molecule has 4 rings (SSSR count). The van der Waals surface area contributed by atoms with E-state index in [0.29, 0.717) is 5.30 Å². The van der Waals surface area contributed by atoms with Crippen LogP contribution in [-0.2, 0) is 0 Å². The third-order valence-corrected chi connectivity index (χ3v) is 29.7. The van der Waals surface area contributed by atoms with E-state index < -0.39 is 38.7 Å². The number of halogens is 3. The molecule has 4 aromatic rings. The Balaban J connectivity index is 2.02. The molecule has 0 saturated heterocycles. The van der Waals surface area contributed by atoms with E-state index in [2.05, 4.69) is 120 Å². The summed E-state index contributed by atoms with van der Waals surface area (Å²) in [5, 5.41) is 7.29. The largest absolute Gasteiger partial charge is 0.573 e. The first-order valence-corrected chi connectivity index (χ1v) is 31.8. The number of para-hydroxylation sites is 1. The number of ether oxygens (including phenoxy) is 1. The Morgan fingerprint density at radius 1 is 0.475 bits per heavy atom. The van der Waals surface area contributed by atoms with Gasteiger partial charge in [-0.15, -0.1) is 13.2 Å². The van der Waals surface area contributed by atoms with Crippen LogP contribution < -0.4 is 36.3 Å². The van der Waals surface area contributed by atoms with Crippen LogP contribution in [0.15, 0.2) is 103 Å². The fourth-order valence-electron chi connectivity index (χ4n) is 9.34. The first-order chi connectivity index (χ1) is 29.4. The molecule has 0 heterocycles. The molecule has 0 spiro atoms. The van der Waals surface area contributed by atoms with E-state index in [9.17, 15) is 13.2 Å². The Morgan fingerprint density at radius 3 is 1.16 bits per heavy atom. The van der Waals surface area contributed by atoms with Crippen molar-refractivity contribution >= 4 is 63.9 Å². The number of hydrogen-bond donors (Lipinski definition) is 0. The van der Waals surface area contributed by atoms with E-state index in [4.69, 9.17) is 4.74 Å². The van der Waals surface area contributed by atoms with E-state index in [1.807, 2.05) is 30.3 Å². The lowest BCUT2D eigenvalue weighted by molar-refractivity contribution is -0.274. The van der Waals surface area contributed by atoms with Crippen LogP contribution in [0, 0.1) is 0 Å². The molecule has 336 valence electrons. The second-order valence-corrected chi connectivity index (χ2v) is 31.4. The van der Waals surface area contributed by atoms with Gasteiger partial charge >= 0.3 is 6.36 Å². The molecular formula is C52H78F3NOP2Si2. The first-order valence-electron chi connectivity index (χ1n) is 23.9. The predicted molar refractivity (Wildman–Crippen MR) is 271 cm³/mol. The van der Waals surface area contributed by atoms with Crippen molar-refractivity contribution in [3.05, 3.63) is 103 Å². The number of alkyl halides is 3. The zero-order chi connectivity index (χ0) is 44.3. The number of unbranched alkanes of at least 4 members (excludes halogenated alkanes) is 6. The van der Waals surface area contributed by atoms with Crippen molar-refractivity contribution in [1.82, 2.24) is 4.44 Å². The van der Waals surface area contributed by atoms with Crippen LogP contribution in [0.5, 0.6) is 5.75 Å². The highest BCUT2D eigenvalue weighted by Crippen LogP contribution is 2.57. The third-order valence-electron chi connectivity index (χ3n) is 12.7. The Kier molecular flexibility index (Phi) is 21.8. The molecule has 0 amide bonds. The van der Waals surface area contributed by atoms with E-state index >= 15 is 0 Å². The molecule has 9 heteroatoms. The third kappa shape index (κ3) is 14.4. The molecule has 0 saturated carbocycles. The van der Waals surface area contributed by atoms with Crippen molar-refractivity contribution in [3.8, 4) is 5.75 Å². The summed E-state index contributed by atoms with van der Waals surface area (Å²) in [6, 6.07) is 44.8. The minimum Gasteiger partial charge on any atom is -0.405 e. The second kappa shape index (κ2) is 25.9. The van der Waals surface area contributed by atoms with Crippen molar-refractivity contribution in [2.45, 2.75) is 181 Å². The zero-order valence-corrected chi connectivity index (χ0v) is 42.8. The molecule has 0 aromatic heterocycles. The van der Waals surface area contributed by atoms with Crippen LogP contribution in [0.1, 0.15) is 132 Å². The summed E-state index contributed by atoms with van der Waals surface area (Å²) in [4.78, 5) is 0. The van der Waals surface area contributed by atoms with Gasteiger partial charge in [0.2, 0.25) is 0 Å². The molecule has 4 aromatic carbocycles. The SMILES string of the molecule is CCCC[Si](CCCC)(CCCC)c1ccc(P(c2ccc([Si](CCCC)(CCCC)CCCC)cc2)N(C(C)C)P(c2ccccc2)c2ccccc2OC(F)(F)F)cc1. The van der Waals surface area contributed by atoms with Crippen LogP contribution in [0.25, 0.3) is 0 Å². The summed E-state index contributed by atoms with van der Waals surface area (Å²) in [7, 11) is -6.18. The second-order valence-electron chi connectivity index (χ2n) is 17.7. The fourth-order valence-corrected chi connectivity index (χ4v) is 26.7. The molecule has 0 N–H and O–H groups in total. The molecule has 61 heavy (non-hydrogen) atoms. The van der Waals surface area contributed by atoms with Crippen LogP contribution in [0.2, 0.25) is 36.3 Å². The summed E-state index contributed by atoms with van der Waals surface area (Å²) in [6.07, 6.45) is 10.2. The quantitative estimate of drug-likeness (QED) is 0.0416. The average Bonchev–Trinajstić information content (AvgIpc) is 3.26. The summed E-state index contributed by atoms with van der Waals surface area (Å²) >= 11 is 0. The Labute approximate surface area is 374 Å². The molecule has 0 bridgehead atoms. The fraction of sp³-hybridized carbons (Fsp3) is 0.538. The molecule has 1 unspecified atom stereocenters. The van der Waals surface area contributed by atoms with Crippen molar-refractivity contribution in [2.75, 3.05) is 0 Å². The molecular weight excluding hydrogens is 830 g/mol. The van der Waals surface area contributed by atoms with Crippen LogP contribution in [-0.4, -0.2) is 33.0 Å². The van der Waals surface area contributed by atoms with Crippen LogP contribution >= 0.6 is 16.1 Å². The monoisotopic (exact) mass is 908 g/mol. The molecule has 0 aliphatic carbocycles. The van der Waals surface area contributed by atoms with E-state index in [1.165, 1.54) is 130 Å². The molecule has 1 atom stereocenters. The minimum absolute atomic E-state index is 0.00924. The van der Waals surface area contributed by atoms with Gasteiger partial charge in [0.05, 0.1) is 16.1 Å². The maximum absolute atomic E-state index is 14.2. The van der Waals surface area contributed by atoms with E-state index in [1.54, 1.807) is 16.4 Å². The van der Waals surface area contributed by atoms with Crippen molar-refractivity contribution in [1.29, 1.82) is 0 Å². The highest BCUT2D eigenvalue weighted by atomic mass is 31.2. The molecule has 0 aliphatic rings. The Bertz CT molecular complexity index is 1690. The maximum atomic E-state index is 14.2. The van der Waals surface area contributed by atoms with Crippen molar-refractivity contribution in [3.63, 3.8) is 0 Å². The minimum atomic E-state index is -4.81. The van der Waals surface area contributed by atoms with Gasteiger partial charge in [-0.05, 0) is 41.9 Å². The molecule has 0 radical (unpaired) electrons. The zero-order valence-electron chi connectivity index (χ0n) is 39.0. The van der Waals surface area contributed by atoms with Crippen LogP contribution in [0.3, 0.4) is 0 Å². The molecule has 0 aliphatic heterocycles. The average molecular weight is 908 g/mol. The standard InChI is InChI=1S/C52H78F3NOP2Si2/c1-9-15-38-60(39-16-10-2,40-17-11-3)48-34-30-46(31-35-48)58(47-32-36-49(37-33-47)61(41-18-12-4,42-19-13-5)43-20-14-6)56(44(7)8)59(45-26-22-21-23-27-45)51-29-25-24-28-50(51)57-52(53,54)55/h21-37,44H,9-20,38-43H2,1-8H3. The lowest BCUT2D eigenvalue weighted by Gasteiger charge is -2.42. The van der Waals surface area contributed by atoms with Gasteiger partial charge in [0.15, 0.2) is 0 Å². The van der Waals surface area contributed by atoms with Gasteiger partial charge in [-0.2, -0.15) is 0 Å². The Hall–Kier alpha value is -2.28. The predicted octanol–water partition coefficient (Wildman–Crippen LogP) is 14.8. The van der Waals surface area contributed by atoms with Gasteiger partial charge in [0, 0.05) is 27.5 Å². The van der Waals surface area contributed by atoms with Gasteiger partial charge in [-0.3, -0.25) is 0 Å². The number of hydrogen-bond acceptors (Lipinski definition) is 2. The van der Waals surface area contributed by atoms with Gasteiger partial charge in [-0.1, -0.05) is 256 Å². The Morgan fingerprint density at radius 2 is 0.820 bits per heavy atom. The summed E-state index contributed by atoms with van der Waals surface area (Å²) < 4.78 is 49.9. The topological polar surface area (TPSA) is 12.5 Å². The highest BCUT2D eigenvalue weighted by Gasteiger charge is 2.40. The maximum Gasteiger partial charge on any atom is 0.573 e. The summed E-state index contributed by atoms with van der Waals surface area (Å²) in [6.45, 7) is 18.4. The van der Waals surface area contributed by atoms with Gasteiger partial charge in [-0.25, -0.2) is 4.44 Å². The molecule has 2 nitrogen and oxygen atoms in total. The number of benzene rings is 4. The lowest BCUT2D eigenvalue weighted by Crippen LogP contribution is -2.48. The van der Waals surface area contributed by atoms with Crippen LogP contribution in [0.4, 0.5) is 13.2 Å². The number of nitrogens with zero attached hydrogens (tertiary/aromatic N) is 1. The number of rotatable bonds is 28. The summed E-state index contributed by atoms with van der Waals surface area (Å²) in [5.41, 5.74) is 0. The van der Waals surface area contributed by atoms with Crippen molar-refractivity contribution < 1.29 is 17.9 Å². The normalized spacial score (nSPS) is 13.1. The van der Waals surface area contributed by atoms with Gasteiger partial charge in [0.1, 0.15) is 5.75 Å². The molecule has 0 fully saturated rings. The van der Waals surface area contributed by atoms with Gasteiger partial charge in [0.25, 0.3) is 0 Å². The first kappa shape index (κ1) is 51.4. The van der Waals surface area contributed by atoms with E-state index in [0.717, 1.165) is 5.30 Å². The lowest BCUT2D eigenvalue weighted by atomic mass is 10.3. The smallest absolute Gasteiger partial charge is 0.405 e. The van der Waals surface area contributed by atoms with E-state index in [-0.39, 0.29) is 11.8 Å². The van der Waals surface area contributed by atoms with Crippen molar-refractivity contribution in [2.24, 2.45) is 0 Å². The summed E-state index contributed by atoms with van der Waals surface area (Å²) in [5.74, 6) is -0.117. The highest BCUT2D eigenvalue weighted by molar-refractivity contribution is 7.84. The van der Waals surface area contributed by atoms with Gasteiger partial charge < -0.3 is 4.74 Å².